The average Bonchev–Trinajstić information content (AvgIpc) is 2.61. The van der Waals surface area contributed by atoms with Gasteiger partial charge in [0.05, 0.1) is 50.1 Å². The van der Waals surface area contributed by atoms with Gasteiger partial charge in [0.25, 0.3) is 0 Å². The summed E-state index contributed by atoms with van der Waals surface area (Å²) < 4.78 is 20.0. The lowest BCUT2D eigenvalue weighted by Crippen LogP contribution is -2.10. The minimum atomic E-state index is -0.449. The number of rotatable bonds is 12. The highest BCUT2D eigenvalue weighted by atomic mass is 16.5. The van der Waals surface area contributed by atoms with Crippen molar-refractivity contribution in [3.8, 4) is 0 Å². The van der Waals surface area contributed by atoms with Gasteiger partial charge in [0.15, 0.2) is 0 Å². The predicted octanol–water partition coefficient (Wildman–Crippen LogP) is 3.10. The van der Waals surface area contributed by atoms with Crippen LogP contribution >= 0.6 is 0 Å². The van der Waals surface area contributed by atoms with Gasteiger partial charge in [-0.2, -0.15) is 0 Å². The molecule has 0 aliphatic heterocycles. The normalized spacial score (nSPS) is 9.67. The molecule has 0 unspecified atom stereocenters. The number of ether oxygens (including phenoxy) is 4. The van der Waals surface area contributed by atoms with Crippen LogP contribution in [0.15, 0.2) is 49.9 Å². The monoisotopic (exact) mass is 334 g/mol. The molecule has 0 heterocycles. The summed E-state index contributed by atoms with van der Waals surface area (Å²) >= 11 is 0. The van der Waals surface area contributed by atoms with Gasteiger partial charge in [-0.05, 0) is 24.3 Å². The van der Waals surface area contributed by atoms with Crippen LogP contribution in [0.1, 0.15) is 33.6 Å². The highest BCUT2D eigenvalue weighted by molar-refractivity contribution is 5.93. The van der Waals surface area contributed by atoms with Crippen LogP contribution in [0.3, 0.4) is 0 Å². The van der Waals surface area contributed by atoms with Gasteiger partial charge in [0, 0.05) is 12.8 Å². The fraction of sp³-hybridized carbons (Fsp3) is 0.333. The molecular weight excluding hydrogens is 312 g/mol. The van der Waals surface area contributed by atoms with Crippen molar-refractivity contribution in [2.45, 2.75) is 12.8 Å². The molecule has 0 saturated heterocycles. The summed E-state index contributed by atoms with van der Waals surface area (Å²) in [4.78, 5) is 23.6. The van der Waals surface area contributed by atoms with Gasteiger partial charge in [-0.15, -0.1) is 0 Å². The second-order valence-electron chi connectivity index (χ2n) is 4.63. The standard InChI is InChI=1S/C18H22O6/c1-3-21-11-5-13-23-17(19)15-7-9-16(10-8-15)18(20)24-14-6-12-22-4-2/h3-4,7-10H,1-2,5-6,11-14H2. The summed E-state index contributed by atoms with van der Waals surface area (Å²) in [5.74, 6) is -0.898. The molecule has 0 fully saturated rings. The van der Waals surface area contributed by atoms with E-state index in [9.17, 15) is 9.59 Å². The Bertz CT molecular complexity index is 486. The van der Waals surface area contributed by atoms with Gasteiger partial charge in [-0.3, -0.25) is 0 Å². The first-order chi connectivity index (χ1) is 11.7. The molecule has 130 valence electrons. The molecule has 6 nitrogen and oxygen atoms in total. The summed E-state index contributed by atoms with van der Waals surface area (Å²) in [6.07, 6.45) is 3.84. The molecule has 1 aromatic rings. The fourth-order valence-electron chi connectivity index (χ4n) is 1.69. The van der Waals surface area contributed by atoms with Crippen LogP contribution in [-0.2, 0) is 18.9 Å². The zero-order valence-corrected chi connectivity index (χ0v) is 13.6. The van der Waals surface area contributed by atoms with E-state index in [0.717, 1.165) is 0 Å². The van der Waals surface area contributed by atoms with Gasteiger partial charge >= 0.3 is 11.9 Å². The van der Waals surface area contributed by atoms with E-state index in [4.69, 9.17) is 18.9 Å². The summed E-state index contributed by atoms with van der Waals surface area (Å²) in [6, 6.07) is 6.11. The Hall–Kier alpha value is -2.76. The van der Waals surface area contributed by atoms with Crippen molar-refractivity contribution in [3.63, 3.8) is 0 Å². The molecule has 0 atom stereocenters. The minimum Gasteiger partial charge on any atom is -0.502 e. The highest BCUT2D eigenvalue weighted by Gasteiger charge is 2.10. The van der Waals surface area contributed by atoms with Gasteiger partial charge in [-0.25, -0.2) is 9.59 Å². The Morgan fingerprint density at radius 1 is 0.750 bits per heavy atom. The fourth-order valence-corrected chi connectivity index (χ4v) is 1.69. The van der Waals surface area contributed by atoms with E-state index in [1.54, 1.807) is 0 Å². The average molecular weight is 334 g/mol. The van der Waals surface area contributed by atoms with Crippen LogP contribution < -0.4 is 0 Å². The molecule has 0 aliphatic rings. The molecule has 0 N–H and O–H groups in total. The van der Waals surface area contributed by atoms with Crippen molar-refractivity contribution >= 4 is 11.9 Å². The Labute approximate surface area is 141 Å². The first-order valence-corrected chi connectivity index (χ1v) is 7.58. The molecule has 0 saturated carbocycles. The smallest absolute Gasteiger partial charge is 0.338 e. The SMILES string of the molecule is C=COCCCOC(=O)c1ccc(C(=O)OCCCOC=C)cc1. The number of hydrogen-bond acceptors (Lipinski definition) is 6. The third-order valence-electron chi connectivity index (χ3n) is 2.87. The van der Waals surface area contributed by atoms with Gasteiger partial charge in [0.2, 0.25) is 0 Å². The molecule has 24 heavy (non-hydrogen) atoms. The number of benzene rings is 1. The number of carbonyl (C=O) groups is 2. The molecule has 6 heteroatoms. The summed E-state index contributed by atoms with van der Waals surface area (Å²) in [7, 11) is 0. The maximum Gasteiger partial charge on any atom is 0.338 e. The van der Waals surface area contributed by atoms with E-state index < -0.39 is 11.9 Å². The molecule has 0 aliphatic carbocycles. The van der Waals surface area contributed by atoms with Crippen molar-refractivity contribution in [1.82, 2.24) is 0 Å². The molecule has 0 amide bonds. The van der Waals surface area contributed by atoms with Crippen LogP contribution in [0.5, 0.6) is 0 Å². The Balaban J connectivity index is 2.35. The van der Waals surface area contributed by atoms with Gasteiger partial charge in [0.1, 0.15) is 0 Å². The summed E-state index contributed by atoms with van der Waals surface area (Å²) in [5.41, 5.74) is 0.742. The quantitative estimate of drug-likeness (QED) is 0.332. The Morgan fingerprint density at radius 2 is 1.12 bits per heavy atom. The zero-order valence-electron chi connectivity index (χ0n) is 13.6. The van der Waals surface area contributed by atoms with Gasteiger partial charge < -0.3 is 18.9 Å². The highest BCUT2D eigenvalue weighted by Crippen LogP contribution is 2.08. The second-order valence-corrected chi connectivity index (χ2v) is 4.63. The lowest BCUT2D eigenvalue weighted by atomic mass is 10.1. The third kappa shape index (κ3) is 7.49. The van der Waals surface area contributed by atoms with E-state index in [-0.39, 0.29) is 13.2 Å². The number of carbonyl (C=O) groups excluding carboxylic acids is 2. The maximum absolute atomic E-state index is 11.8. The third-order valence-corrected chi connectivity index (χ3v) is 2.87. The molecule has 0 spiro atoms. The topological polar surface area (TPSA) is 71.1 Å². The van der Waals surface area contributed by atoms with Crippen LogP contribution in [0, 0.1) is 0 Å². The molecule has 0 radical (unpaired) electrons. The van der Waals surface area contributed by atoms with Crippen molar-refractivity contribution in [3.05, 3.63) is 61.1 Å². The summed E-state index contributed by atoms with van der Waals surface area (Å²) in [6.45, 7) is 8.23. The minimum absolute atomic E-state index is 0.253. The number of esters is 2. The Morgan fingerprint density at radius 3 is 1.46 bits per heavy atom. The molecule has 1 aromatic carbocycles. The van der Waals surface area contributed by atoms with E-state index in [2.05, 4.69) is 13.2 Å². The maximum atomic E-state index is 11.8. The van der Waals surface area contributed by atoms with E-state index in [1.165, 1.54) is 36.8 Å². The lowest BCUT2D eigenvalue weighted by Gasteiger charge is -2.07. The first-order valence-electron chi connectivity index (χ1n) is 7.58. The van der Waals surface area contributed by atoms with Crippen molar-refractivity contribution < 1.29 is 28.5 Å². The van der Waals surface area contributed by atoms with Crippen LogP contribution in [0.4, 0.5) is 0 Å². The second kappa shape index (κ2) is 11.8. The van der Waals surface area contributed by atoms with Crippen LogP contribution in [0.2, 0.25) is 0 Å². The van der Waals surface area contributed by atoms with E-state index >= 15 is 0 Å². The molecule has 0 bridgehead atoms. The van der Waals surface area contributed by atoms with Crippen LogP contribution in [0.25, 0.3) is 0 Å². The Kier molecular flexibility index (Phi) is 9.45. The summed E-state index contributed by atoms with van der Waals surface area (Å²) in [5, 5.41) is 0. The first kappa shape index (κ1) is 19.3. The molecule has 0 aromatic heterocycles. The largest absolute Gasteiger partial charge is 0.502 e. The predicted molar refractivity (Wildman–Crippen MR) is 88.5 cm³/mol. The molecular formula is C18H22O6. The van der Waals surface area contributed by atoms with Crippen molar-refractivity contribution in [2.75, 3.05) is 26.4 Å². The van der Waals surface area contributed by atoms with Crippen molar-refractivity contribution in [2.24, 2.45) is 0 Å². The zero-order chi connectivity index (χ0) is 17.6. The van der Waals surface area contributed by atoms with E-state index in [0.29, 0.717) is 37.2 Å². The molecule has 1 rings (SSSR count). The number of hydrogen-bond donors (Lipinski definition) is 0. The van der Waals surface area contributed by atoms with Gasteiger partial charge in [-0.1, -0.05) is 13.2 Å². The van der Waals surface area contributed by atoms with Crippen molar-refractivity contribution in [1.29, 1.82) is 0 Å². The van der Waals surface area contributed by atoms with E-state index in [1.807, 2.05) is 0 Å². The lowest BCUT2D eigenvalue weighted by molar-refractivity contribution is 0.0463. The van der Waals surface area contributed by atoms with Crippen LogP contribution in [-0.4, -0.2) is 38.4 Å².